The summed E-state index contributed by atoms with van der Waals surface area (Å²) in [6.07, 6.45) is 6.78. The average molecular weight is 322 g/mol. The topological polar surface area (TPSA) is 54.0 Å². The summed E-state index contributed by atoms with van der Waals surface area (Å²) in [5.74, 6) is 1.02. The number of imidazole rings is 1. The van der Waals surface area contributed by atoms with Crippen LogP contribution in [0.4, 0.5) is 0 Å². The van der Waals surface area contributed by atoms with E-state index in [0.29, 0.717) is 0 Å². The van der Waals surface area contributed by atoms with E-state index in [9.17, 15) is 0 Å². The summed E-state index contributed by atoms with van der Waals surface area (Å²) in [6.45, 7) is 3.94. The number of likely N-dealkylation sites (tertiary alicyclic amines) is 1. The molecule has 1 aliphatic rings. The Kier molecular flexibility index (Phi) is 4.04. The van der Waals surface area contributed by atoms with Crippen molar-refractivity contribution in [3.63, 3.8) is 0 Å². The lowest BCUT2D eigenvalue weighted by atomic mass is 10.1. The molecule has 0 bridgehead atoms. The number of hydrogen-bond donors (Lipinski definition) is 1. The van der Waals surface area contributed by atoms with Gasteiger partial charge in [-0.05, 0) is 36.6 Å². The van der Waals surface area contributed by atoms with E-state index >= 15 is 0 Å². The van der Waals surface area contributed by atoms with Crippen LogP contribution in [-0.2, 0) is 11.3 Å². The number of hydrogen-bond acceptors (Lipinski definition) is 4. The van der Waals surface area contributed by atoms with Crippen LogP contribution in [0.2, 0.25) is 0 Å². The van der Waals surface area contributed by atoms with Crippen LogP contribution in [0, 0.1) is 6.92 Å². The maximum absolute atomic E-state index is 5.61. The minimum Gasteiger partial charge on any atom is -0.380 e. The summed E-state index contributed by atoms with van der Waals surface area (Å²) < 4.78 is 5.61. The molecule has 5 nitrogen and oxygen atoms in total. The monoisotopic (exact) mass is 322 g/mol. The summed E-state index contributed by atoms with van der Waals surface area (Å²) in [5.41, 5.74) is 3.61. The SMILES string of the molecule is CO[C@@H]1CC(c2ncc[nH]2)N(Cc2cc(C)c3ncccc3c2)C1. The van der Waals surface area contributed by atoms with Crippen LogP contribution >= 0.6 is 0 Å². The number of aromatic nitrogens is 3. The zero-order valence-electron chi connectivity index (χ0n) is 14.1. The van der Waals surface area contributed by atoms with Gasteiger partial charge in [0.05, 0.1) is 17.7 Å². The molecule has 124 valence electrons. The molecule has 0 radical (unpaired) electrons. The van der Waals surface area contributed by atoms with Crippen LogP contribution in [-0.4, -0.2) is 39.6 Å². The Morgan fingerprint density at radius 2 is 2.21 bits per heavy atom. The normalized spacial score (nSPS) is 21.6. The zero-order chi connectivity index (χ0) is 16.5. The van der Waals surface area contributed by atoms with Gasteiger partial charge in [0.15, 0.2) is 0 Å². The van der Waals surface area contributed by atoms with Crippen molar-refractivity contribution in [2.24, 2.45) is 0 Å². The first-order valence-electron chi connectivity index (χ1n) is 8.35. The van der Waals surface area contributed by atoms with E-state index in [4.69, 9.17) is 4.74 Å². The molecule has 0 spiro atoms. The number of H-pyrrole nitrogens is 1. The van der Waals surface area contributed by atoms with Crippen LogP contribution in [0.15, 0.2) is 42.9 Å². The molecule has 0 aliphatic carbocycles. The second kappa shape index (κ2) is 6.34. The van der Waals surface area contributed by atoms with Crippen molar-refractivity contribution < 1.29 is 4.74 Å². The van der Waals surface area contributed by atoms with Crippen LogP contribution in [0.5, 0.6) is 0 Å². The van der Waals surface area contributed by atoms with Gasteiger partial charge in [0.2, 0.25) is 0 Å². The number of rotatable bonds is 4. The smallest absolute Gasteiger partial charge is 0.123 e. The number of aryl methyl sites for hydroxylation is 1. The minimum atomic E-state index is 0.253. The zero-order valence-corrected chi connectivity index (χ0v) is 14.1. The van der Waals surface area contributed by atoms with Crippen LogP contribution in [0.1, 0.15) is 29.4 Å². The molecule has 1 unspecified atom stereocenters. The highest BCUT2D eigenvalue weighted by atomic mass is 16.5. The molecule has 1 saturated heterocycles. The third-order valence-corrected chi connectivity index (χ3v) is 4.87. The number of aromatic amines is 1. The lowest BCUT2D eigenvalue weighted by molar-refractivity contribution is 0.107. The Hall–Kier alpha value is -2.24. The first-order chi connectivity index (χ1) is 11.7. The van der Waals surface area contributed by atoms with Crippen LogP contribution < -0.4 is 0 Å². The number of methoxy groups -OCH3 is 1. The Labute approximate surface area is 141 Å². The van der Waals surface area contributed by atoms with Gasteiger partial charge in [-0.15, -0.1) is 0 Å². The number of benzene rings is 1. The highest BCUT2D eigenvalue weighted by Gasteiger charge is 2.34. The molecule has 24 heavy (non-hydrogen) atoms. The lowest BCUT2D eigenvalue weighted by Crippen LogP contribution is -2.25. The number of nitrogens with one attached hydrogen (secondary N) is 1. The Morgan fingerprint density at radius 1 is 1.29 bits per heavy atom. The van der Waals surface area contributed by atoms with Crippen molar-refractivity contribution in [1.29, 1.82) is 0 Å². The molecular weight excluding hydrogens is 300 g/mol. The highest BCUT2D eigenvalue weighted by molar-refractivity contribution is 5.82. The van der Waals surface area contributed by atoms with Gasteiger partial charge in [0.1, 0.15) is 5.82 Å². The van der Waals surface area contributed by atoms with Gasteiger partial charge in [-0.3, -0.25) is 9.88 Å². The predicted molar refractivity (Wildman–Crippen MR) is 93.6 cm³/mol. The first-order valence-corrected chi connectivity index (χ1v) is 8.35. The molecular formula is C19H22N4O. The van der Waals surface area contributed by atoms with Crippen molar-refractivity contribution in [3.05, 3.63) is 59.8 Å². The standard InChI is InChI=1S/C19H22N4O/c1-13-8-14(9-15-4-3-5-20-18(13)15)11-23-12-16(24-2)10-17(23)19-21-6-7-22-19/h3-9,16-17H,10-12H2,1-2H3,(H,21,22)/t16-,17?/m1/s1. The van der Waals surface area contributed by atoms with E-state index in [1.165, 1.54) is 16.5 Å². The lowest BCUT2D eigenvalue weighted by Gasteiger charge is -2.23. The van der Waals surface area contributed by atoms with E-state index in [1.54, 1.807) is 7.11 Å². The van der Waals surface area contributed by atoms with Gasteiger partial charge in [-0.25, -0.2) is 4.98 Å². The van der Waals surface area contributed by atoms with Gasteiger partial charge in [0.25, 0.3) is 0 Å². The molecule has 1 aliphatic heterocycles. The molecule has 3 aromatic rings. The first kappa shape index (κ1) is 15.3. The maximum Gasteiger partial charge on any atom is 0.123 e. The van der Waals surface area contributed by atoms with Gasteiger partial charge in [0, 0.05) is 44.2 Å². The molecule has 1 N–H and O–H groups in total. The van der Waals surface area contributed by atoms with Crippen molar-refractivity contribution in [1.82, 2.24) is 19.9 Å². The van der Waals surface area contributed by atoms with E-state index in [-0.39, 0.29) is 12.1 Å². The molecule has 3 heterocycles. The Bertz CT molecular complexity index is 831. The Balaban J connectivity index is 1.63. The third-order valence-electron chi connectivity index (χ3n) is 4.87. The molecule has 0 amide bonds. The van der Waals surface area contributed by atoms with E-state index in [1.807, 2.05) is 24.7 Å². The Morgan fingerprint density at radius 3 is 3.00 bits per heavy atom. The summed E-state index contributed by atoms with van der Waals surface area (Å²) in [5, 5.41) is 1.20. The van der Waals surface area contributed by atoms with E-state index in [2.05, 4.69) is 45.0 Å². The van der Waals surface area contributed by atoms with Crippen molar-refractivity contribution in [2.75, 3.05) is 13.7 Å². The van der Waals surface area contributed by atoms with Crippen molar-refractivity contribution in [3.8, 4) is 0 Å². The maximum atomic E-state index is 5.61. The van der Waals surface area contributed by atoms with Gasteiger partial charge in [-0.1, -0.05) is 12.1 Å². The summed E-state index contributed by atoms with van der Waals surface area (Å²) in [7, 11) is 1.79. The molecule has 2 atom stereocenters. The van der Waals surface area contributed by atoms with Crippen molar-refractivity contribution in [2.45, 2.75) is 32.0 Å². The summed E-state index contributed by atoms with van der Waals surface area (Å²) in [4.78, 5) is 14.7. The van der Waals surface area contributed by atoms with E-state index in [0.717, 1.165) is 30.9 Å². The minimum absolute atomic E-state index is 0.253. The number of ether oxygens (including phenoxy) is 1. The highest BCUT2D eigenvalue weighted by Crippen LogP contribution is 2.33. The van der Waals surface area contributed by atoms with Crippen molar-refractivity contribution >= 4 is 10.9 Å². The van der Waals surface area contributed by atoms with Gasteiger partial charge >= 0.3 is 0 Å². The average Bonchev–Trinajstić information content (AvgIpc) is 3.24. The molecule has 5 heteroatoms. The van der Waals surface area contributed by atoms with Gasteiger partial charge < -0.3 is 9.72 Å². The fourth-order valence-electron chi connectivity index (χ4n) is 3.73. The fourth-order valence-corrected chi connectivity index (χ4v) is 3.73. The number of nitrogens with zero attached hydrogens (tertiary/aromatic N) is 3. The number of pyridine rings is 1. The van der Waals surface area contributed by atoms with Crippen LogP contribution in [0.25, 0.3) is 10.9 Å². The van der Waals surface area contributed by atoms with E-state index < -0.39 is 0 Å². The number of fused-ring (bicyclic) bond motifs is 1. The molecule has 2 aromatic heterocycles. The van der Waals surface area contributed by atoms with Gasteiger partial charge in [-0.2, -0.15) is 0 Å². The molecule has 0 saturated carbocycles. The largest absolute Gasteiger partial charge is 0.380 e. The molecule has 1 aromatic carbocycles. The molecule has 4 rings (SSSR count). The second-order valence-electron chi connectivity index (χ2n) is 6.50. The predicted octanol–water partition coefficient (Wildman–Crippen LogP) is 3.23. The van der Waals surface area contributed by atoms with Crippen LogP contribution in [0.3, 0.4) is 0 Å². The fraction of sp³-hybridized carbons (Fsp3) is 0.368. The summed E-state index contributed by atoms with van der Waals surface area (Å²) in [6, 6.07) is 8.89. The summed E-state index contributed by atoms with van der Waals surface area (Å²) >= 11 is 0. The quantitative estimate of drug-likeness (QED) is 0.801. The second-order valence-corrected chi connectivity index (χ2v) is 6.50. The third kappa shape index (κ3) is 2.81. The molecule has 1 fully saturated rings.